The molecule has 1 saturated carbocycles. The summed E-state index contributed by atoms with van der Waals surface area (Å²) in [6.07, 6.45) is 6.68. The van der Waals surface area contributed by atoms with Crippen molar-refractivity contribution in [3.8, 4) is 0 Å². The van der Waals surface area contributed by atoms with Crippen molar-refractivity contribution in [2.24, 2.45) is 11.8 Å². The lowest BCUT2D eigenvalue weighted by Crippen LogP contribution is -2.47. The minimum absolute atomic E-state index is 0.237. The molecule has 1 aliphatic rings. The van der Waals surface area contributed by atoms with E-state index < -0.39 is 0 Å². The van der Waals surface area contributed by atoms with E-state index in [1.165, 1.54) is 32.1 Å². The Balaban J connectivity index is 2.56. The summed E-state index contributed by atoms with van der Waals surface area (Å²) in [6.45, 7) is 9.30. The van der Waals surface area contributed by atoms with Crippen LogP contribution in [0.1, 0.15) is 46.0 Å². The molecule has 3 atom stereocenters. The van der Waals surface area contributed by atoms with Crippen LogP contribution in [0.3, 0.4) is 0 Å². The van der Waals surface area contributed by atoms with Gasteiger partial charge in [-0.1, -0.05) is 26.7 Å². The summed E-state index contributed by atoms with van der Waals surface area (Å²) < 4.78 is 5.20. The molecule has 0 aromatic carbocycles. The van der Waals surface area contributed by atoms with Crippen LogP contribution < -0.4 is 5.32 Å². The van der Waals surface area contributed by atoms with Gasteiger partial charge in [0.25, 0.3) is 0 Å². The van der Waals surface area contributed by atoms with Crippen molar-refractivity contribution >= 4 is 0 Å². The van der Waals surface area contributed by atoms with Crippen molar-refractivity contribution in [2.75, 3.05) is 46.5 Å². The smallest absolute Gasteiger partial charge is 0.0589 e. The lowest BCUT2D eigenvalue weighted by atomic mass is 9.76. The molecule has 2 N–H and O–H groups in total. The van der Waals surface area contributed by atoms with Crippen LogP contribution in [-0.2, 0) is 4.74 Å². The van der Waals surface area contributed by atoms with Gasteiger partial charge < -0.3 is 15.2 Å². The Labute approximate surface area is 131 Å². The molecule has 0 heterocycles. The van der Waals surface area contributed by atoms with Crippen molar-refractivity contribution in [3.63, 3.8) is 0 Å². The predicted octanol–water partition coefficient (Wildman–Crippen LogP) is 2.12. The second-order valence-corrected chi connectivity index (χ2v) is 6.41. The summed E-state index contributed by atoms with van der Waals surface area (Å²) in [5.74, 6) is 1.60. The van der Waals surface area contributed by atoms with Crippen molar-refractivity contribution in [1.82, 2.24) is 10.2 Å². The number of hydrogen-bond acceptors (Lipinski definition) is 4. The van der Waals surface area contributed by atoms with E-state index in [0.717, 1.165) is 38.7 Å². The molecular weight excluding hydrogens is 264 g/mol. The summed E-state index contributed by atoms with van der Waals surface area (Å²) in [5, 5.41) is 13.0. The number of hydrogen-bond donors (Lipinski definition) is 2. The first-order valence-corrected chi connectivity index (χ1v) is 8.80. The van der Waals surface area contributed by atoms with Gasteiger partial charge >= 0.3 is 0 Å². The maximum absolute atomic E-state index is 9.27. The second kappa shape index (κ2) is 11.4. The first kappa shape index (κ1) is 18.9. The van der Waals surface area contributed by atoms with Crippen LogP contribution in [0.25, 0.3) is 0 Å². The zero-order valence-electron chi connectivity index (χ0n) is 14.3. The molecule has 0 saturated heterocycles. The number of methoxy groups -OCH3 is 1. The molecule has 0 radical (unpaired) electrons. The minimum atomic E-state index is 0.237. The van der Waals surface area contributed by atoms with Gasteiger partial charge in [0.15, 0.2) is 0 Å². The van der Waals surface area contributed by atoms with Gasteiger partial charge in [-0.3, -0.25) is 4.90 Å². The monoisotopic (exact) mass is 300 g/mol. The van der Waals surface area contributed by atoms with Crippen LogP contribution in [0, 0.1) is 11.8 Å². The van der Waals surface area contributed by atoms with Crippen molar-refractivity contribution in [3.05, 3.63) is 0 Å². The molecule has 0 bridgehead atoms. The fourth-order valence-electron chi connectivity index (χ4n) is 3.75. The van der Waals surface area contributed by atoms with Gasteiger partial charge in [0.1, 0.15) is 0 Å². The van der Waals surface area contributed by atoms with E-state index in [4.69, 9.17) is 4.74 Å². The van der Waals surface area contributed by atoms with Gasteiger partial charge in [-0.25, -0.2) is 0 Å². The van der Waals surface area contributed by atoms with Crippen LogP contribution in [0.5, 0.6) is 0 Å². The van der Waals surface area contributed by atoms with Crippen LogP contribution in [0.15, 0.2) is 0 Å². The zero-order valence-corrected chi connectivity index (χ0v) is 14.3. The van der Waals surface area contributed by atoms with Crippen LogP contribution in [-0.4, -0.2) is 62.6 Å². The maximum atomic E-state index is 9.27. The lowest BCUT2D eigenvalue weighted by molar-refractivity contribution is 0.0923. The molecule has 0 amide bonds. The number of aliphatic hydroxyl groups excluding tert-OH is 1. The van der Waals surface area contributed by atoms with Crippen molar-refractivity contribution < 1.29 is 9.84 Å². The average Bonchev–Trinajstić information content (AvgIpc) is 2.48. The van der Waals surface area contributed by atoms with Crippen LogP contribution >= 0.6 is 0 Å². The Bertz CT molecular complexity index is 251. The average molecular weight is 300 g/mol. The summed E-state index contributed by atoms with van der Waals surface area (Å²) in [6, 6.07) is 0.645. The quantitative estimate of drug-likeness (QED) is 0.613. The van der Waals surface area contributed by atoms with E-state index in [-0.39, 0.29) is 6.61 Å². The van der Waals surface area contributed by atoms with Crippen LogP contribution in [0.2, 0.25) is 0 Å². The Hall–Kier alpha value is -0.160. The maximum Gasteiger partial charge on any atom is 0.0589 e. The van der Waals surface area contributed by atoms with Gasteiger partial charge in [0.2, 0.25) is 0 Å². The first-order valence-electron chi connectivity index (χ1n) is 8.80. The van der Waals surface area contributed by atoms with E-state index >= 15 is 0 Å². The van der Waals surface area contributed by atoms with Crippen molar-refractivity contribution in [1.29, 1.82) is 0 Å². The Morgan fingerprint density at radius 1 is 1.24 bits per heavy atom. The standard InChI is InChI=1S/C17H36N2O2/c1-4-6-15-7-8-17(18-5-2)16(13-15)14-19(9-11-20)10-12-21-3/h15-18,20H,4-14H2,1-3H3. The third-order valence-electron chi connectivity index (χ3n) is 4.77. The highest BCUT2D eigenvalue weighted by Crippen LogP contribution is 2.32. The van der Waals surface area contributed by atoms with E-state index in [1.54, 1.807) is 7.11 Å². The third kappa shape index (κ3) is 7.09. The van der Waals surface area contributed by atoms with Gasteiger partial charge in [-0.15, -0.1) is 0 Å². The largest absolute Gasteiger partial charge is 0.395 e. The summed E-state index contributed by atoms with van der Waals surface area (Å²) in [5.41, 5.74) is 0. The molecule has 4 heteroatoms. The van der Waals surface area contributed by atoms with Gasteiger partial charge in [-0.2, -0.15) is 0 Å². The summed E-state index contributed by atoms with van der Waals surface area (Å²) in [7, 11) is 1.75. The number of ether oxygens (including phenoxy) is 1. The number of rotatable bonds is 11. The molecule has 0 spiro atoms. The number of nitrogens with zero attached hydrogens (tertiary/aromatic N) is 1. The SMILES string of the molecule is CCCC1CCC(NCC)C(CN(CCO)CCOC)C1. The van der Waals surface area contributed by atoms with E-state index in [1.807, 2.05) is 0 Å². The van der Waals surface area contributed by atoms with Crippen LogP contribution in [0.4, 0.5) is 0 Å². The zero-order chi connectivity index (χ0) is 15.5. The Morgan fingerprint density at radius 2 is 2.05 bits per heavy atom. The van der Waals surface area contributed by atoms with E-state index in [9.17, 15) is 5.11 Å². The molecule has 1 rings (SSSR count). The number of aliphatic hydroxyl groups is 1. The summed E-state index contributed by atoms with van der Waals surface area (Å²) in [4.78, 5) is 2.37. The highest BCUT2D eigenvalue weighted by molar-refractivity contribution is 4.86. The fraction of sp³-hybridized carbons (Fsp3) is 1.00. The molecule has 1 fully saturated rings. The Kier molecular flexibility index (Phi) is 10.3. The molecule has 0 aromatic heterocycles. The fourth-order valence-corrected chi connectivity index (χ4v) is 3.75. The molecule has 3 unspecified atom stereocenters. The van der Waals surface area contributed by atoms with Gasteiger partial charge in [0, 0.05) is 32.8 Å². The topological polar surface area (TPSA) is 44.7 Å². The first-order chi connectivity index (χ1) is 10.2. The summed E-state index contributed by atoms with van der Waals surface area (Å²) >= 11 is 0. The predicted molar refractivity (Wildman–Crippen MR) is 88.6 cm³/mol. The second-order valence-electron chi connectivity index (χ2n) is 6.41. The molecule has 1 aliphatic carbocycles. The highest BCUT2D eigenvalue weighted by atomic mass is 16.5. The van der Waals surface area contributed by atoms with Gasteiger partial charge in [0.05, 0.1) is 13.2 Å². The lowest BCUT2D eigenvalue weighted by Gasteiger charge is -2.39. The minimum Gasteiger partial charge on any atom is -0.395 e. The Morgan fingerprint density at radius 3 is 2.67 bits per heavy atom. The highest BCUT2D eigenvalue weighted by Gasteiger charge is 2.30. The van der Waals surface area contributed by atoms with E-state index in [0.29, 0.717) is 12.0 Å². The molecule has 126 valence electrons. The molecule has 0 aromatic rings. The molecule has 0 aliphatic heterocycles. The van der Waals surface area contributed by atoms with E-state index in [2.05, 4.69) is 24.1 Å². The molecular formula is C17H36N2O2. The van der Waals surface area contributed by atoms with Gasteiger partial charge in [-0.05, 0) is 37.6 Å². The van der Waals surface area contributed by atoms with Crippen molar-refractivity contribution in [2.45, 2.75) is 52.0 Å². The molecule has 4 nitrogen and oxygen atoms in total. The third-order valence-corrected chi connectivity index (χ3v) is 4.77. The molecule has 21 heavy (non-hydrogen) atoms. The number of nitrogens with one attached hydrogen (secondary N) is 1. The normalized spacial score (nSPS) is 26.4.